The van der Waals surface area contributed by atoms with Crippen LogP contribution in [0.25, 0.3) is 11.0 Å². The van der Waals surface area contributed by atoms with Crippen molar-refractivity contribution >= 4 is 23.1 Å². The van der Waals surface area contributed by atoms with E-state index in [9.17, 15) is 8.78 Å². The molecule has 1 N–H and O–H groups in total. The molecule has 0 bridgehead atoms. The molecular formula is C17H16F2N6O. The van der Waals surface area contributed by atoms with Crippen molar-refractivity contribution in [2.45, 2.75) is 13.0 Å². The number of hydrogen-bond donors (Lipinski definition) is 1. The summed E-state index contributed by atoms with van der Waals surface area (Å²) in [5.41, 5.74) is 3.81. The quantitative estimate of drug-likeness (QED) is 0.416. The van der Waals surface area contributed by atoms with Crippen molar-refractivity contribution < 1.29 is 13.5 Å². The van der Waals surface area contributed by atoms with E-state index in [2.05, 4.69) is 25.6 Å². The number of benzene rings is 1. The van der Waals surface area contributed by atoms with Gasteiger partial charge in [0.05, 0.1) is 37.2 Å². The number of hydrazone groups is 1. The minimum Gasteiger partial charge on any atom is -0.505 e. The topological polar surface area (TPSA) is 77.2 Å². The first kappa shape index (κ1) is 17.5. The third kappa shape index (κ3) is 3.66. The zero-order valence-corrected chi connectivity index (χ0v) is 14.1. The first-order valence-electron chi connectivity index (χ1n) is 7.72. The van der Waals surface area contributed by atoms with E-state index in [1.165, 1.54) is 18.6 Å². The average Bonchev–Trinajstić information content (AvgIpc) is 3.08. The Kier molecular flexibility index (Phi) is 5.16. The van der Waals surface area contributed by atoms with Crippen LogP contribution in [0.15, 0.2) is 48.2 Å². The Morgan fingerprint density at radius 1 is 1.27 bits per heavy atom. The van der Waals surface area contributed by atoms with Gasteiger partial charge in [-0.1, -0.05) is 6.07 Å². The summed E-state index contributed by atoms with van der Waals surface area (Å²) in [4.78, 5) is 8.39. The highest BCUT2D eigenvalue weighted by Crippen LogP contribution is 2.21. The summed E-state index contributed by atoms with van der Waals surface area (Å²) in [6.07, 6.45) is 7.79. The fourth-order valence-electron chi connectivity index (χ4n) is 2.28. The fraction of sp³-hybridized carbons (Fsp3) is 0.176. The monoisotopic (exact) mass is 358 g/mol. The van der Waals surface area contributed by atoms with Crippen molar-refractivity contribution in [3.8, 4) is 0 Å². The Labute approximate surface area is 148 Å². The number of ether oxygens (including phenoxy) is 1. The zero-order valence-electron chi connectivity index (χ0n) is 14.1. The largest absolute Gasteiger partial charge is 0.505 e. The zero-order chi connectivity index (χ0) is 18.5. The molecule has 2 heterocycles. The van der Waals surface area contributed by atoms with Crippen molar-refractivity contribution in [2.24, 2.45) is 5.10 Å². The van der Waals surface area contributed by atoms with Crippen molar-refractivity contribution in [2.75, 3.05) is 12.5 Å². The van der Waals surface area contributed by atoms with E-state index in [-0.39, 0.29) is 6.04 Å². The van der Waals surface area contributed by atoms with Crippen molar-refractivity contribution in [1.82, 2.24) is 19.7 Å². The first-order chi connectivity index (χ1) is 12.6. The third-order valence-corrected chi connectivity index (χ3v) is 3.60. The molecule has 0 saturated heterocycles. The van der Waals surface area contributed by atoms with E-state index in [4.69, 9.17) is 4.74 Å². The summed E-state index contributed by atoms with van der Waals surface area (Å²) in [5, 5.41) is 9.01. The van der Waals surface area contributed by atoms with Gasteiger partial charge in [0, 0.05) is 0 Å². The normalized spacial score (nSPS) is 12.9. The lowest BCUT2D eigenvalue weighted by atomic mass is 10.2. The highest BCUT2D eigenvalue weighted by atomic mass is 19.2. The van der Waals surface area contributed by atoms with Gasteiger partial charge in [-0.05, 0) is 30.7 Å². The molecule has 0 spiro atoms. The molecule has 1 aromatic carbocycles. The molecule has 0 aliphatic carbocycles. The lowest BCUT2D eigenvalue weighted by molar-refractivity contribution is 0.333. The Bertz CT molecular complexity index is 969. The molecule has 26 heavy (non-hydrogen) atoms. The number of halogens is 2. The number of hydrogen-bond acceptors (Lipinski definition) is 6. The second-order valence-electron chi connectivity index (χ2n) is 5.40. The summed E-state index contributed by atoms with van der Waals surface area (Å²) >= 11 is 0. The van der Waals surface area contributed by atoms with Gasteiger partial charge in [-0.15, -0.1) is 0 Å². The second-order valence-corrected chi connectivity index (χ2v) is 5.40. The maximum absolute atomic E-state index is 13.2. The molecule has 3 rings (SSSR count). The summed E-state index contributed by atoms with van der Waals surface area (Å²) in [6, 6.07) is 3.44. The van der Waals surface area contributed by atoms with Crippen LogP contribution >= 0.6 is 0 Å². The van der Waals surface area contributed by atoms with Gasteiger partial charge < -0.3 is 4.74 Å². The molecule has 7 nitrogen and oxygen atoms in total. The van der Waals surface area contributed by atoms with Crippen LogP contribution in [0.1, 0.15) is 18.5 Å². The molecule has 1 unspecified atom stereocenters. The fourth-order valence-corrected chi connectivity index (χ4v) is 2.28. The Balaban J connectivity index is 1.82. The molecule has 9 heteroatoms. The van der Waals surface area contributed by atoms with Gasteiger partial charge in [0.15, 0.2) is 23.1 Å². The van der Waals surface area contributed by atoms with Crippen molar-refractivity contribution in [3.05, 3.63) is 60.3 Å². The third-order valence-electron chi connectivity index (χ3n) is 3.60. The van der Waals surface area contributed by atoms with Crippen molar-refractivity contribution in [1.29, 1.82) is 0 Å². The molecule has 0 amide bonds. The highest BCUT2D eigenvalue weighted by Gasteiger charge is 2.12. The number of anilines is 1. The molecule has 3 aromatic rings. The molecule has 0 aliphatic rings. The maximum atomic E-state index is 13.2. The number of fused-ring (bicyclic) bond motifs is 1. The van der Waals surface area contributed by atoms with Gasteiger partial charge >= 0.3 is 0 Å². The molecule has 0 aliphatic heterocycles. The summed E-state index contributed by atoms with van der Waals surface area (Å²) in [7, 11) is 1.57. The van der Waals surface area contributed by atoms with E-state index in [0.29, 0.717) is 22.4 Å². The van der Waals surface area contributed by atoms with Gasteiger partial charge in [-0.25, -0.2) is 23.4 Å². The number of allylic oxidation sites excluding steroid dienone is 1. The predicted molar refractivity (Wildman–Crippen MR) is 93.8 cm³/mol. The number of nitrogens with zero attached hydrogens (tertiary/aromatic N) is 5. The lowest BCUT2D eigenvalue weighted by Crippen LogP contribution is -2.05. The molecule has 0 fully saturated rings. The molecule has 0 radical (unpaired) electrons. The summed E-state index contributed by atoms with van der Waals surface area (Å²) in [5.74, 6) is -1.39. The van der Waals surface area contributed by atoms with Crippen molar-refractivity contribution in [3.63, 3.8) is 0 Å². The van der Waals surface area contributed by atoms with Gasteiger partial charge in [0.1, 0.15) is 6.33 Å². The van der Waals surface area contributed by atoms with E-state index < -0.39 is 11.6 Å². The van der Waals surface area contributed by atoms with Crippen LogP contribution in [-0.4, -0.2) is 33.1 Å². The molecular weight excluding hydrogens is 342 g/mol. The molecule has 1 atom stereocenters. The SMILES string of the molecule is CO/C=C/C(C)n1ncc2c(N/N=C/c3ccc(F)c(F)c3)ncnc21. The minimum atomic E-state index is -0.933. The average molecular weight is 358 g/mol. The van der Waals surface area contributed by atoms with Crippen LogP contribution in [0.3, 0.4) is 0 Å². The molecule has 2 aromatic heterocycles. The van der Waals surface area contributed by atoms with E-state index in [1.54, 1.807) is 24.3 Å². The first-order valence-corrected chi connectivity index (χ1v) is 7.72. The summed E-state index contributed by atoms with van der Waals surface area (Å²) in [6.45, 7) is 1.94. The molecule has 0 saturated carbocycles. The van der Waals surface area contributed by atoms with Crippen LogP contribution < -0.4 is 5.43 Å². The number of nitrogens with one attached hydrogen (secondary N) is 1. The lowest BCUT2D eigenvalue weighted by Gasteiger charge is -2.08. The highest BCUT2D eigenvalue weighted by molar-refractivity contribution is 5.87. The smallest absolute Gasteiger partial charge is 0.163 e. The van der Waals surface area contributed by atoms with E-state index >= 15 is 0 Å². The predicted octanol–water partition coefficient (Wildman–Crippen LogP) is 3.27. The Hall–Kier alpha value is -3.36. The van der Waals surface area contributed by atoms with Crippen LogP contribution in [-0.2, 0) is 4.74 Å². The number of methoxy groups -OCH3 is 1. The van der Waals surface area contributed by atoms with Crippen LogP contribution in [0.4, 0.5) is 14.6 Å². The Morgan fingerprint density at radius 2 is 2.12 bits per heavy atom. The van der Waals surface area contributed by atoms with Gasteiger partial charge in [0.25, 0.3) is 0 Å². The van der Waals surface area contributed by atoms with Gasteiger partial charge in [-0.3, -0.25) is 5.43 Å². The van der Waals surface area contributed by atoms with Gasteiger partial charge in [0.2, 0.25) is 0 Å². The van der Waals surface area contributed by atoms with Crippen LogP contribution in [0, 0.1) is 11.6 Å². The van der Waals surface area contributed by atoms with E-state index in [1.807, 2.05) is 13.0 Å². The summed E-state index contributed by atoms with van der Waals surface area (Å²) < 4.78 is 32.8. The number of aromatic nitrogens is 4. The van der Waals surface area contributed by atoms with E-state index in [0.717, 1.165) is 12.1 Å². The Morgan fingerprint density at radius 3 is 2.88 bits per heavy atom. The minimum absolute atomic E-state index is 0.0686. The van der Waals surface area contributed by atoms with Gasteiger partial charge in [-0.2, -0.15) is 10.2 Å². The van der Waals surface area contributed by atoms with Crippen LogP contribution in [0.2, 0.25) is 0 Å². The second kappa shape index (κ2) is 7.68. The maximum Gasteiger partial charge on any atom is 0.163 e. The standard InChI is InChI=1S/C17H16F2N6O/c1-11(5-6-26-2)25-17-13(9-23-25)16(20-10-21-17)24-22-8-12-3-4-14(18)15(19)7-12/h3-11H,1-2H3,(H,20,21,24)/b6-5+,22-8+. The number of rotatable bonds is 6. The molecule has 134 valence electrons. The van der Waals surface area contributed by atoms with Crippen LogP contribution in [0.5, 0.6) is 0 Å².